The van der Waals surface area contributed by atoms with Crippen molar-refractivity contribution in [1.82, 2.24) is 0 Å². The van der Waals surface area contributed by atoms with Crippen LogP contribution in [0.15, 0.2) is 46.5 Å². The fourth-order valence-corrected chi connectivity index (χ4v) is 2.63. The first kappa shape index (κ1) is 20.1. The molecule has 0 amide bonds. The highest BCUT2D eigenvalue weighted by atomic mass is 32.2. The van der Waals surface area contributed by atoms with Gasteiger partial charge in [-0.3, -0.25) is 4.28 Å². The third kappa shape index (κ3) is 4.29. The van der Waals surface area contributed by atoms with Crippen LogP contribution in [0, 0.1) is 40.4 Å². The summed E-state index contributed by atoms with van der Waals surface area (Å²) in [5.41, 5.74) is -0.0469. The van der Waals surface area contributed by atoms with Crippen LogP contribution in [0.3, 0.4) is 0 Å². The van der Waals surface area contributed by atoms with E-state index in [1.54, 1.807) is 30.3 Å². The summed E-state index contributed by atoms with van der Waals surface area (Å²) in [6.45, 7) is 0. The monoisotopic (exact) mass is 402 g/mol. The van der Waals surface area contributed by atoms with Gasteiger partial charge >= 0.3 is 10.1 Å². The van der Waals surface area contributed by atoms with E-state index in [2.05, 4.69) is 9.44 Å². The fourth-order valence-electron chi connectivity index (χ4n) is 1.76. The summed E-state index contributed by atoms with van der Waals surface area (Å²) in [5.74, 6) is -12.7. The first-order chi connectivity index (χ1) is 12.7. The first-order valence-corrected chi connectivity index (χ1v) is 8.26. The Bertz CT molecular complexity index is 1050. The van der Waals surface area contributed by atoms with E-state index in [-0.39, 0.29) is 0 Å². The summed E-state index contributed by atoms with van der Waals surface area (Å²) < 4.78 is 93.8. The van der Waals surface area contributed by atoms with Gasteiger partial charge in [-0.15, -0.1) is 0 Å². The van der Waals surface area contributed by atoms with Crippen molar-refractivity contribution in [3.8, 4) is 6.07 Å². The van der Waals surface area contributed by atoms with Crippen molar-refractivity contribution in [2.75, 3.05) is 0 Å². The first-order valence-electron chi connectivity index (χ1n) is 6.85. The molecular weight excluding hydrogens is 395 g/mol. The van der Waals surface area contributed by atoms with Gasteiger partial charge in [0, 0.05) is 0 Å². The van der Waals surface area contributed by atoms with Crippen LogP contribution in [0.25, 0.3) is 6.08 Å². The molecule has 0 heterocycles. The van der Waals surface area contributed by atoms with Crippen molar-refractivity contribution in [2.45, 2.75) is 4.90 Å². The summed E-state index contributed by atoms with van der Waals surface area (Å²) in [6.07, 6.45) is 2.36. The Morgan fingerprint density at radius 1 is 0.963 bits per heavy atom. The van der Waals surface area contributed by atoms with E-state index >= 15 is 0 Å². The summed E-state index contributed by atoms with van der Waals surface area (Å²) in [7, 11) is -5.54. The van der Waals surface area contributed by atoms with E-state index in [1.807, 2.05) is 0 Å². The number of hydrogen-bond acceptors (Lipinski definition) is 5. The van der Waals surface area contributed by atoms with E-state index in [4.69, 9.17) is 5.26 Å². The molecule has 140 valence electrons. The number of halogens is 5. The second-order valence-electron chi connectivity index (χ2n) is 4.76. The molecule has 0 aliphatic rings. The lowest BCUT2D eigenvalue weighted by Crippen LogP contribution is -2.14. The van der Waals surface area contributed by atoms with Crippen molar-refractivity contribution in [1.29, 1.82) is 5.26 Å². The summed E-state index contributed by atoms with van der Waals surface area (Å²) >= 11 is 0. The van der Waals surface area contributed by atoms with Crippen molar-refractivity contribution in [2.24, 2.45) is 5.16 Å². The Kier molecular flexibility index (Phi) is 5.91. The fraction of sp³-hybridized carbons (Fsp3) is 0. The molecule has 0 bridgehead atoms. The summed E-state index contributed by atoms with van der Waals surface area (Å²) in [6, 6.07) is 9.78. The predicted molar refractivity (Wildman–Crippen MR) is 83.0 cm³/mol. The Morgan fingerprint density at radius 3 is 2.00 bits per heavy atom. The molecule has 0 N–H and O–H groups in total. The molecule has 0 aliphatic heterocycles. The number of nitriles is 1. The maximum Gasteiger partial charge on any atom is 0.364 e. The zero-order chi connectivity index (χ0) is 20.2. The lowest BCUT2D eigenvalue weighted by Gasteiger charge is -2.07. The molecule has 0 fully saturated rings. The van der Waals surface area contributed by atoms with E-state index < -0.39 is 49.8 Å². The lowest BCUT2D eigenvalue weighted by atomic mass is 10.2. The molecule has 0 atom stereocenters. The molecule has 2 aromatic carbocycles. The molecule has 2 rings (SSSR count). The highest BCUT2D eigenvalue weighted by molar-refractivity contribution is 7.86. The molecule has 11 heteroatoms. The van der Waals surface area contributed by atoms with Crippen LogP contribution in [0.1, 0.15) is 5.56 Å². The minimum Gasteiger partial charge on any atom is -0.263 e. The smallest absolute Gasteiger partial charge is 0.263 e. The zero-order valence-electron chi connectivity index (χ0n) is 13.0. The molecule has 0 saturated heterocycles. The highest BCUT2D eigenvalue weighted by Crippen LogP contribution is 2.28. The minimum absolute atomic E-state index is 0.600. The third-order valence-corrected chi connectivity index (χ3v) is 4.13. The van der Waals surface area contributed by atoms with E-state index in [0.717, 1.165) is 6.08 Å². The Morgan fingerprint density at radius 2 is 1.48 bits per heavy atom. The normalized spacial score (nSPS) is 12.2. The SMILES string of the molecule is N#CC(/C=C/c1ccccc1)=N\OS(=O)(=O)c1c(F)c(F)c(F)c(F)c1F. The van der Waals surface area contributed by atoms with E-state index in [0.29, 0.717) is 5.56 Å². The van der Waals surface area contributed by atoms with Crippen molar-refractivity contribution >= 4 is 21.9 Å². The molecule has 5 nitrogen and oxygen atoms in total. The third-order valence-electron chi connectivity index (χ3n) is 3.00. The van der Waals surface area contributed by atoms with Crippen molar-refractivity contribution in [3.63, 3.8) is 0 Å². The van der Waals surface area contributed by atoms with Gasteiger partial charge in [0.05, 0.1) is 0 Å². The number of nitrogens with zero attached hydrogens (tertiary/aromatic N) is 2. The topological polar surface area (TPSA) is 79.5 Å². The molecule has 0 aromatic heterocycles. The molecule has 0 unspecified atom stereocenters. The Hall–Kier alpha value is -3.26. The van der Waals surface area contributed by atoms with Crippen molar-refractivity contribution < 1.29 is 34.7 Å². The summed E-state index contributed by atoms with van der Waals surface area (Å²) in [4.78, 5) is -2.22. The van der Waals surface area contributed by atoms with Gasteiger partial charge in [-0.1, -0.05) is 41.6 Å². The number of rotatable bonds is 5. The van der Waals surface area contributed by atoms with Crippen LogP contribution >= 0.6 is 0 Å². The van der Waals surface area contributed by atoms with E-state index in [9.17, 15) is 30.4 Å². The number of benzene rings is 2. The zero-order valence-corrected chi connectivity index (χ0v) is 13.8. The quantitative estimate of drug-likeness (QED) is 0.251. The van der Waals surface area contributed by atoms with Crippen LogP contribution in [0.4, 0.5) is 22.0 Å². The molecule has 27 heavy (non-hydrogen) atoms. The molecule has 2 aromatic rings. The molecule has 0 aliphatic carbocycles. The average molecular weight is 402 g/mol. The van der Waals surface area contributed by atoms with Gasteiger partial charge in [0.25, 0.3) is 0 Å². The van der Waals surface area contributed by atoms with Gasteiger partial charge in [-0.05, 0) is 11.6 Å². The van der Waals surface area contributed by atoms with E-state index in [1.165, 1.54) is 12.1 Å². The minimum atomic E-state index is -5.54. The van der Waals surface area contributed by atoms with Gasteiger partial charge in [-0.25, -0.2) is 22.0 Å². The van der Waals surface area contributed by atoms with Crippen LogP contribution in [-0.4, -0.2) is 14.1 Å². The van der Waals surface area contributed by atoms with Gasteiger partial charge in [0.1, 0.15) is 6.07 Å². The van der Waals surface area contributed by atoms with Crippen LogP contribution in [0.5, 0.6) is 0 Å². The maximum atomic E-state index is 13.6. The Labute approximate surface area is 149 Å². The number of oxime groups is 1. The molecular formula is C16H7F5N2O3S. The van der Waals surface area contributed by atoms with Crippen LogP contribution in [-0.2, 0) is 14.4 Å². The molecule has 0 saturated carbocycles. The average Bonchev–Trinajstić information content (AvgIpc) is 2.65. The number of allylic oxidation sites excluding steroid dienone is 1. The maximum absolute atomic E-state index is 13.6. The Balaban J connectivity index is 2.38. The second kappa shape index (κ2) is 7.96. The molecule has 0 radical (unpaired) electrons. The highest BCUT2D eigenvalue weighted by Gasteiger charge is 2.35. The number of hydrogen-bond donors (Lipinski definition) is 0. The lowest BCUT2D eigenvalue weighted by molar-refractivity contribution is 0.318. The summed E-state index contributed by atoms with van der Waals surface area (Å²) in [5, 5.41) is 11.8. The van der Waals surface area contributed by atoms with Crippen LogP contribution in [0.2, 0.25) is 0 Å². The van der Waals surface area contributed by atoms with Crippen LogP contribution < -0.4 is 0 Å². The predicted octanol–water partition coefficient (Wildman–Crippen LogP) is 3.68. The van der Waals surface area contributed by atoms with Gasteiger partial charge < -0.3 is 0 Å². The van der Waals surface area contributed by atoms with Gasteiger partial charge in [0.15, 0.2) is 33.9 Å². The largest absolute Gasteiger partial charge is 0.364 e. The van der Waals surface area contributed by atoms with Crippen molar-refractivity contribution in [3.05, 3.63) is 71.1 Å². The van der Waals surface area contributed by atoms with Gasteiger partial charge in [0.2, 0.25) is 5.82 Å². The standard InChI is InChI=1S/C16H7F5N2O3S/c17-11-12(18)14(20)16(15(21)13(11)19)27(24,25)26-23-10(8-22)7-6-9-4-2-1-3-5-9/h1-7H/b7-6+,23-10-. The molecule has 0 spiro atoms. The van der Waals surface area contributed by atoms with Gasteiger partial charge in [-0.2, -0.15) is 13.7 Å². The second-order valence-corrected chi connectivity index (χ2v) is 6.23.